The maximum atomic E-state index is 13.1. The number of hydrogen-bond donors (Lipinski definition) is 1. The minimum atomic E-state index is -3.53. The molecule has 1 aliphatic rings. The van der Waals surface area contributed by atoms with Crippen LogP contribution in [0.5, 0.6) is 5.75 Å². The summed E-state index contributed by atoms with van der Waals surface area (Å²) in [5, 5.41) is 2.63. The normalized spacial score (nSPS) is 17.9. The molecule has 1 N–H and O–H groups in total. The average molecular weight is 406 g/mol. The monoisotopic (exact) mass is 406 g/mol. The summed E-state index contributed by atoms with van der Waals surface area (Å²) in [7, 11) is -3.53. The number of nitrogens with zero attached hydrogens (tertiary/aromatic N) is 1. The van der Waals surface area contributed by atoms with E-state index in [1.165, 1.54) is 34.6 Å². The quantitative estimate of drug-likeness (QED) is 0.799. The smallest absolute Gasteiger partial charge is 0.262 e. The van der Waals surface area contributed by atoms with Crippen LogP contribution in [0.15, 0.2) is 53.4 Å². The summed E-state index contributed by atoms with van der Waals surface area (Å²) in [6, 6.07) is 11.6. The first-order valence-electron chi connectivity index (χ1n) is 9.13. The van der Waals surface area contributed by atoms with Crippen LogP contribution in [0.4, 0.5) is 10.1 Å². The second-order valence-electron chi connectivity index (χ2n) is 6.93. The molecule has 1 fully saturated rings. The van der Waals surface area contributed by atoms with Gasteiger partial charge < -0.3 is 10.1 Å². The Bertz CT molecular complexity index is 931. The Morgan fingerprint density at radius 1 is 1.25 bits per heavy atom. The molecule has 0 saturated carbocycles. The SMILES string of the molecule is C[C@@H]1CCCN(S(=O)(=O)c2ccc(NC(=O)COc3cccc(F)c3)cc2)C1. The highest BCUT2D eigenvalue weighted by Gasteiger charge is 2.28. The van der Waals surface area contributed by atoms with Gasteiger partial charge in [0, 0.05) is 24.8 Å². The predicted octanol–water partition coefficient (Wildman–Crippen LogP) is 3.26. The summed E-state index contributed by atoms with van der Waals surface area (Å²) in [6.07, 6.45) is 1.90. The van der Waals surface area contributed by atoms with E-state index in [4.69, 9.17) is 4.74 Å². The van der Waals surface area contributed by atoms with Crippen LogP contribution >= 0.6 is 0 Å². The van der Waals surface area contributed by atoms with Gasteiger partial charge >= 0.3 is 0 Å². The Kier molecular flexibility index (Phi) is 6.31. The van der Waals surface area contributed by atoms with E-state index >= 15 is 0 Å². The van der Waals surface area contributed by atoms with Crippen LogP contribution in [0.1, 0.15) is 19.8 Å². The third-order valence-corrected chi connectivity index (χ3v) is 6.44. The van der Waals surface area contributed by atoms with Crippen LogP contribution in [-0.4, -0.2) is 38.3 Å². The van der Waals surface area contributed by atoms with Gasteiger partial charge in [-0.3, -0.25) is 4.79 Å². The Labute approximate surface area is 164 Å². The molecular weight excluding hydrogens is 383 g/mol. The van der Waals surface area contributed by atoms with Gasteiger partial charge in [0.2, 0.25) is 10.0 Å². The molecule has 1 atom stereocenters. The molecule has 0 unspecified atom stereocenters. The number of anilines is 1. The van der Waals surface area contributed by atoms with E-state index in [1.54, 1.807) is 18.2 Å². The molecule has 0 radical (unpaired) electrons. The zero-order valence-electron chi connectivity index (χ0n) is 15.6. The topological polar surface area (TPSA) is 75.7 Å². The van der Waals surface area contributed by atoms with Crippen LogP contribution in [0.2, 0.25) is 0 Å². The first-order chi connectivity index (χ1) is 13.3. The molecule has 0 aliphatic carbocycles. The zero-order valence-corrected chi connectivity index (χ0v) is 16.4. The molecule has 0 spiro atoms. The number of benzene rings is 2. The Hall–Kier alpha value is -2.45. The molecule has 6 nitrogen and oxygen atoms in total. The number of sulfonamides is 1. The number of carbonyl (C=O) groups is 1. The number of halogens is 1. The Balaban J connectivity index is 1.58. The summed E-state index contributed by atoms with van der Waals surface area (Å²) in [5.74, 6) is -0.268. The van der Waals surface area contributed by atoms with Crippen molar-refractivity contribution in [2.75, 3.05) is 25.0 Å². The van der Waals surface area contributed by atoms with E-state index < -0.39 is 21.7 Å². The first-order valence-corrected chi connectivity index (χ1v) is 10.6. The molecule has 150 valence electrons. The lowest BCUT2D eigenvalue weighted by atomic mass is 10.0. The number of amides is 1. The molecule has 0 bridgehead atoms. The van der Waals surface area contributed by atoms with Gasteiger partial charge in [-0.25, -0.2) is 12.8 Å². The summed E-state index contributed by atoms with van der Waals surface area (Å²) in [4.78, 5) is 12.2. The summed E-state index contributed by atoms with van der Waals surface area (Å²) >= 11 is 0. The number of hydrogen-bond acceptors (Lipinski definition) is 4. The Morgan fingerprint density at radius 2 is 2.00 bits per heavy atom. The van der Waals surface area contributed by atoms with Crippen molar-refractivity contribution in [3.63, 3.8) is 0 Å². The third-order valence-electron chi connectivity index (χ3n) is 4.56. The van der Waals surface area contributed by atoms with Gasteiger partial charge in [0.05, 0.1) is 4.90 Å². The summed E-state index contributed by atoms with van der Waals surface area (Å²) in [6.45, 7) is 2.82. The fourth-order valence-electron chi connectivity index (χ4n) is 3.13. The van der Waals surface area contributed by atoms with Gasteiger partial charge in [-0.15, -0.1) is 0 Å². The average Bonchev–Trinajstić information content (AvgIpc) is 2.67. The van der Waals surface area contributed by atoms with Gasteiger partial charge in [0.1, 0.15) is 11.6 Å². The van der Waals surface area contributed by atoms with Gasteiger partial charge in [0.15, 0.2) is 6.61 Å². The molecule has 8 heteroatoms. The highest BCUT2D eigenvalue weighted by Crippen LogP contribution is 2.24. The van der Waals surface area contributed by atoms with Crippen molar-refractivity contribution in [3.8, 4) is 5.75 Å². The molecule has 1 saturated heterocycles. The van der Waals surface area contributed by atoms with Crippen molar-refractivity contribution in [1.82, 2.24) is 4.31 Å². The van der Waals surface area contributed by atoms with E-state index in [9.17, 15) is 17.6 Å². The van der Waals surface area contributed by atoms with Crippen molar-refractivity contribution in [2.24, 2.45) is 5.92 Å². The maximum Gasteiger partial charge on any atom is 0.262 e. The predicted molar refractivity (Wildman–Crippen MR) is 104 cm³/mol. The van der Waals surface area contributed by atoms with Crippen LogP contribution in [0.25, 0.3) is 0 Å². The largest absolute Gasteiger partial charge is 0.484 e. The third kappa shape index (κ3) is 5.08. The molecular formula is C20H23FN2O4S. The summed E-state index contributed by atoms with van der Waals surface area (Å²) in [5.41, 5.74) is 0.457. The molecule has 0 aromatic heterocycles. The molecule has 28 heavy (non-hydrogen) atoms. The van der Waals surface area contributed by atoms with E-state index in [-0.39, 0.29) is 17.3 Å². The van der Waals surface area contributed by atoms with Crippen LogP contribution in [0, 0.1) is 11.7 Å². The minimum Gasteiger partial charge on any atom is -0.484 e. The van der Waals surface area contributed by atoms with Gasteiger partial charge in [-0.05, 0) is 55.2 Å². The molecule has 1 aliphatic heterocycles. The molecule has 1 heterocycles. The van der Waals surface area contributed by atoms with Crippen molar-refractivity contribution >= 4 is 21.6 Å². The second kappa shape index (κ2) is 8.70. The minimum absolute atomic E-state index is 0.204. The number of piperidine rings is 1. The van der Waals surface area contributed by atoms with E-state index in [0.717, 1.165) is 12.8 Å². The number of rotatable bonds is 6. The van der Waals surface area contributed by atoms with Crippen LogP contribution in [-0.2, 0) is 14.8 Å². The number of nitrogens with one attached hydrogen (secondary N) is 1. The van der Waals surface area contributed by atoms with E-state index in [2.05, 4.69) is 5.32 Å². The first kappa shape index (κ1) is 20.3. The second-order valence-corrected chi connectivity index (χ2v) is 8.87. The van der Waals surface area contributed by atoms with Crippen molar-refractivity contribution < 1.29 is 22.3 Å². The fraction of sp³-hybridized carbons (Fsp3) is 0.350. The van der Waals surface area contributed by atoms with Crippen molar-refractivity contribution in [2.45, 2.75) is 24.7 Å². The van der Waals surface area contributed by atoms with E-state index in [0.29, 0.717) is 24.7 Å². The zero-order chi connectivity index (χ0) is 20.1. The number of ether oxygens (including phenoxy) is 1. The summed E-state index contributed by atoms with van der Waals surface area (Å²) < 4.78 is 45.3. The van der Waals surface area contributed by atoms with Crippen molar-refractivity contribution in [3.05, 3.63) is 54.3 Å². The van der Waals surface area contributed by atoms with Crippen molar-refractivity contribution in [1.29, 1.82) is 0 Å². The van der Waals surface area contributed by atoms with Gasteiger partial charge in [-0.2, -0.15) is 4.31 Å². The highest BCUT2D eigenvalue weighted by atomic mass is 32.2. The lowest BCUT2D eigenvalue weighted by Gasteiger charge is -2.30. The van der Waals surface area contributed by atoms with Gasteiger partial charge in [-0.1, -0.05) is 13.0 Å². The van der Waals surface area contributed by atoms with Gasteiger partial charge in [0.25, 0.3) is 5.91 Å². The molecule has 2 aromatic carbocycles. The lowest BCUT2D eigenvalue weighted by Crippen LogP contribution is -2.39. The molecule has 2 aromatic rings. The number of carbonyl (C=O) groups excluding carboxylic acids is 1. The molecule has 3 rings (SSSR count). The Morgan fingerprint density at radius 3 is 2.68 bits per heavy atom. The molecule has 1 amide bonds. The van der Waals surface area contributed by atoms with Crippen LogP contribution < -0.4 is 10.1 Å². The highest BCUT2D eigenvalue weighted by molar-refractivity contribution is 7.89. The fourth-order valence-corrected chi connectivity index (χ4v) is 4.73. The maximum absolute atomic E-state index is 13.1. The van der Waals surface area contributed by atoms with Crippen LogP contribution in [0.3, 0.4) is 0 Å². The standard InChI is InChI=1S/C20H23FN2O4S/c1-15-4-3-11-23(13-15)28(25,26)19-9-7-17(8-10-19)22-20(24)14-27-18-6-2-5-16(21)12-18/h2,5-10,12,15H,3-4,11,13-14H2,1H3,(H,22,24)/t15-/m1/s1. The van der Waals surface area contributed by atoms with E-state index in [1.807, 2.05) is 6.92 Å². The lowest BCUT2D eigenvalue weighted by molar-refractivity contribution is -0.118.